The molecule has 1 atom stereocenters. The Morgan fingerprint density at radius 1 is 1.39 bits per heavy atom. The van der Waals surface area contributed by atoms with Crippen molar-refractivity contribution in [3.8, 4) is 0 Å². The Bertz CT molecular complexity index is 422. The van der Waals surface area contributed by atoms with Crippen molar-refractivity contribution < 1.29 is 14.3 Å². The summed E-state index contributed by atoms with van der Waals surface area (Å²) in [6.07, 6.45) is 2.90. The van der Waals surface area contributed by atoms with Crippen LogP contribution in [0, 0.1) is 5.82 Å². The van der Waals surface area contributed by atoms with E-state index < -0.39 is 0 Å². The molecule has 1 aliphatic rings. The summed E-state index contributed by atoms with van der Waals surface area (Å²) in [6, 6.07) is 6.23. The zero-order valence-electron chi connectivity index (χ0n) is 10.3. The monoisotopic (exact) mass is 251 g/mol. The zero-order valence-corrected chi connectivity index (χ0v) is 10.3. The molecule has 1 fully saturated rings. The van der Waals surface area contributed by atoms with Crippen molar-refractivity contribution >= 4 is 5.91 Å². The van der Waals surface area contributed by atoms with Crippen molar-refractivity contribution in [2.45, 2.75) is 31.7 Å². The number of rotatable bonds is 3. The van der Waals surface area contributed by atoms with Gasteiger partial charge in [-0.25, -0.2) is 4.39 Å². The minimum absolute atomic E-state index is 0.0109. The smallest absolute Gasteiger partial charge is 0.227 e. The fourth-order valence-corrected chi connectivity index (χ4v) is 2.42. The van der Waals surface area contributed by atoms with E-state index >= 15 is 0 Å². The number of nitrogens with zero attached hydrogens (tertiary/aromatic N) is 1. The van der Waals surface area contributed by atoms with E-state index in [9.17, 15) is 14.3 Å². The predicted molar refractivity (Wildman–Crippen MR) is 66.5 cm³/mol. The second kappa shape index (κ2) is 5.96. The Kier molecular flexibility index (Phi) is 4.31. The number of aliphatic hydroxyl groups excluding tert-OH is 1. The average Bonchev–Trinajstić information content (AvgIpc) is 2.41. The van der Waals surface area contributed by atoms with Gasteiger partial charge in [-0.05, 0) is 30.9 Å². The highest BCUT2D eigenvalue weighted by Crippen LogP contribution is 2.18. The van der Waals surface area contributed by atoms with Crippen LogP contribution in [-0.4, -0.2) is 35.1 Å². The number of halogens is 1. The van der Waals surface area contributed by atoms with E-state index in [1.807, 2.05) is 0 Å². The molecule has 1 aromatic carbocycles. The van der Waals surface area contributed by atoms with Crippen molar-refractivity contribution in [3.63, 3.8) is 0 Å². The van der Waals surface area contributed by atoms with Crippen LogP contribution in [0.1, 0.15) is 24.8 Å². The Balaban J connectivity index is 2.05. The van der Waals surface area contributed by atoms with Gasteiger partial charge in [-0.1, -0.05) is 18.2 Å². The Morgan fingerprint density at radius 2 is 2.17 bits per heavy atom. The van der Waals surface area contributed by atoms with Gasteiger partial charge in [0.2, 0.25) is 5.91 Å². The topological polar surface area (TPSA) is 40.5 Å². The van der Waals surface area contributed by atoms with E-state index in [1.165, 1.54) is 6.07 Å². The number of carbonyl (C=O) groups excluding carboxylic acids is 1. The summed E-state index contributed by atoms with van der Waals surface area (Å²) in [4.78, 5) is 13.8. The highest BCUT2D eigenvalue weighted by Gasteiger charge is 2.26. The quantitative estimate of drug-likeness (QED) is 0.889. The van der Waals surface area contributed by atoms with Gasteiger partial charge in [-0.2, -0.15) is 0 Å². The zero-order chi connectivity index (χ0) is 13.0. The van der Waals surface area contributed by atoms with Gasteiger partial charge in [-0.15, -0.1) is 0 Å². The highest BCUT2D eigenvalue weighted by atomic mass is 19.1. The average molecular weight is 251 g/mol. The largest absolute Gasteiger partial charge is 0.394 e. The van der Waals surface area contributed by atoms with Gasteiger partial charge in [0.25, 0.3) is 0 Å². The highest BCUT2D eigenvalue weighted by molar-refractivity contribution is 5.79. The Morgan fingerprint density at radius 3 is 2.89 bits per heavy atom. The predicted octanol–water partition coefficient (Wildman–Crippen LogP) is 1.74. The number of aliphatic hydroxyl groups is 1. The molecule has 4 heteroatoms. The normalized spacial score (nSPS) is 19.9. The van der Waals surface area contributed by atoms with Gasteiger partial charge in [-0.3, -0.25) is 4.79 Å². The molecule has 18 heavy (non-hydrogen) atoms. The van der Waals surface area contributed by atoms with Crippen molar-refractivity contribution in [1.82, 2.24) is 4.90 Å². The minimum Gasteiger partial charge on any atom is -0.394 e. The van der Waals surface area contributed by atoms with E-state index in [0.29, 0.717) is 12.1 Å². The summed E-state index contributed by atoms with van der Waals surface area (Å²) < 4.78 is 13.5. The van der Waals surface area contributed by atoms with E-state index in [4.69, 9.17) is 0 Å². The molecule has 1 saturated heterocycles. The van der Waals surface area contributed by atoms with Crippen LogP contribution < -0.4 is 0 Å². The molecule has 0 aliphatic carbocycles. The third-order valence-corrected chi connectivity index (χ3v) is 3.46. The van der Waals surface area contributed by atoms with Gasteiger partial charge >= 0.3 is 0 Å². The van der Waals surface area contributed by atoms with Crippen LogP contribution in [-0.2, 0) is 11.2 Å². The number of benzene rings is 1. The van der Waals surface area contributed by atoms with Crippen molar-refractivity contribution in [1.29, 1.82) is 0 Å². The Labute approximate surface area is 106 Å². The minimum atomic E-state index is -0.344. The first-order chi connectivity index (χ1) is 8.72. The molecule has 2 rings (SSSR count). The molecule has 3 nitrogen and oxygen atoms in total. The van der Waals surface area contributed by atoms with Crippen LogP contribution in [0.25, 0.3) is 0 Å². The van der Waals surface area contributed by atoms with Crippen molar-refractivity contribution in [2.24, 2.45) is 0 Å². The summed E-state index contributed by atoms with van der Waals surface area (Å²) in [7, 11) is 0. The standard InChI is InChI=1S/C14H18FNO2/c15-13-7-2-1-5-11(13)9-14(18)16-8-4-3-6-12(16)10-17/h1-2,5,7,12,17H,3-4,6,8-10H2. The van der Waals surface area contributed by atoms with E-state index in [0.717, 1.165) is 19.3 Å². The maximum absolute atomic E-state index is 13.5. The molecule has 0 radical (unpaired) electrons. The first-order valence-corrected chi connectivity index (χ1v) is 6.36. The maximum atomic E-state index is 13.5. The van der Waals surface area contributed by atoms with Gasteiger partial charge < -0.3 is 10.0 Å². The number of carbonyl (C=O) groups is 1. The van der Waals surface area contributed by atoms with Crippen LogP contribution in [0.4, 0.5) is 4.39 Å². The lowest BCUT2D eigenvalue weighted by atomic mass is 10.0. The fourth-order valence-electron chi connectivity index (χ4n) is 2.42. The van der Waals surface area contributed by atoms with Crippen LogP contribution >= 0.6 is 0 Å². The van der Waals surface area contributed by atoms with Crippen LogP contribution in [0.3, 0.4) is 0 Å². The summed E-state index contributed by atoms with van der Waals surface area (Å²) >= 11 is 0. The van der Waals surface area contributed by atoms with E-state index in [-0.39, 0.29) is 30.8 Å². The number of piperidine rings is 1. The molecule has 1 N–H and O–H groups in total. The lowest BCUT2D eigenvalue weighted by Gasteiger charge is -2.34. The van der Waals surface area contributed by atoms with Gasteiger partial charge in [0, 0.05) is 6.54 Å². The third-order valence-electron chi connectivity index (χ3n) is 3.46. The third kappa shape index (κ3) is 2.88. The summed E-state index contributed by atoms with van der Waals surface area (Å²) in [6.45, 7) is 0.654. The lowest BCUT2D eigenvalue weighted by Crippen LogP contribution is -2.46. The molecule has 98 valence electrons. The molecule has 0 aromatic heterocycles. The molecule has 0 spiro atoms. The molecule has 1 heterocycles. The summed E-state index contributed by atoms with van der Waals surface area (Å²) in [5, 5.41) is 9.26. The van der Waals surface area contributed by atoms with Crippen molar-refractivity contribution in [2.75, 3.05) is 13.2 Å². The molecular weight excluding hydrogens is 233 g/mol. The number of amides is 1. The van der Waals surface area contributed by atoms with Gasteiger partial charge in [0.1, 0.15) is 5.82 Å². The number of hydrogen-bond donors (Lipinski definition) is 1. The lowest BCUT2D eigenvalue weighted by molar-refractivity contribution is -0.135. The molecule has 1 unspecified atom stereocenters. The molecule has 0 bridgehead atoms. The first kappa shape index (κ1) is 13.0. The molecular formula is C14H18FNO2. The molecule has 1 aliphatic heterocycles. The van der Waals surface area contributed by atoms with E-state index in [2.05, 4.69) is 0 Å². The van der Waals surface area contributed by atoms with Crippen LogP contribution in [0.15, 0.2) is 24.3 Å². The van der Waals surface area contributed by atoms with Crippen molar-refractivity contribution in [3.05, 3.63) is 35.6 Å². The summed E-state index contributed by atoms with van der Waals surface area (Å²) in [5.74, 6) is -0.442. The van der Waals surface area contributed by atoms with Crippen LogP contribution in [0.5, 0.6) is 0 Å². The molecule has 0 saturated carbocycles. The summed E-state index contributed by atoms with van der Waals surface area (Å²) in [5.41, 5.74) is 0.421. The number of likely N-dealkylation sites (tertiary alicyclic amines) is 1. The van der Waals surface area contributed by atoms with Gasteiger partial charge in [0.15, 0.2) is 0 Å². The second-order valence-corrected chi connectivity index (χ2v) is 4.69. The Hall–Kier alpha value is -1.42. The van der Waals surface area contributed by atoms with E-state index in [1.54, 1.807) is 23.1 Å². The first-order valence-electron chi connectivity index (χ1n) is 6.36. The van der Waals surface area contributed by atoms with Crippen LogP contribution in [0.2, 0.25) is 0 Å². The second-order valence-electron chi connectivity index (χ2n) is 4.69. The maximum Gasteiger partial charge on any atom is 0.227 e. The van der Waals surface area contributed by atoms with Gasteiger partial charge in [0.05, 0.1) is 19.1 Å². The SMILES string of the molecule is O=C(Cc1ccccc1F)N1CCCCC1CO. The molecule has 1 aromatic rings. The fraction of sp³-hybridized carbons (Fsp3) is 0.500. The molecule has 1 amide bonds. The number of hydrogen-bond acceptors (Lipinski definition) is 2.